The molecule has 0 aromatic heterocycles. The Morgan fingerprint density at radius 3 is 2.43 bits per heavy atom. The van der Waals surface area contributed by atoms with Crippen LogP contribution in [0.4, 0.5) is 18.9 Å². The Kier molecular flexibility index (Phi) is 9.39. The molecule has 1 aliphatic rings. The van der Waals surface area contributed by atoms with Gasteiger partial charge in [0.05, 0.1) is 17.1 Å². The maximum Gasteiger partial charge on any atom is 0.390 e. The van der Waals surface area contributed by atoms with Crippen molar-refractivity contribution in [3.05, 3.63) is 63.7 Å². The monoisotopic (exact) mass is 539 g/mol. The number of benzene rings is 2. The van der Waals surface area contributed by atoms with Gasteiger partial charge in [0.2, 0.25) is 0 Å². The van der Waals surface area contributed by atoms with Gasteiger partial charge in [-0.2, -0.15) is 13.2 Å². The zero-order chi connectivity index (χ0) is 27.2. The Morgan fingerprint density at radius 1 is 1.11 bits per heavy atom. The minimum atomic E-state index is -4.35. The van der Waals surface area contributed by atoms with E-state index in [1.54, 1.807) is 24.3 Å². The van der Waals surface area contributed by atoms with Gasteiger partial charge in [-0.3, -0.25) is 4.79 Å². The van der Waals surface area contributed by atoms with Crippen molar-refractivity contribution in [2.75, 3.05) is 25.0 Å². The molecule has 200 valence electrons. The molecule has 0 spiro atoms. The fraction of sp³-hybridized carbons (Fsp3) is 0.400. The minimum Gasteiger partial charge on any atom is -0.550 e. The van der Waals surface area contributed by atoms with Crippen LogP contribution in [-0.4, -0.2) is 43.7 Å². The van der Waals surface area contributed by atoms with E-state index in [0.717, 1.165) is 11.1 Å². The summed E-state index contributed by atoms with van der Waals surface area (Å²) in [5.74, 6) is -5.54. The third-order valence-corrected chi connectivity index (χ3v) is 6.48. The molecule has 1 amide bonds. The third kappa shape index (κ3) is 7.83. The van der Waals surface area contributed by atoms with Crippen molar-refractivity contribution < 1.29 is 37.8 Å². The zero-order valence-electron chi connectivity index (χ0n) is 19.6. The number of halogens is 4. The van der Waals surface area contributed by atoms with Crippen LogP contribution in [0.1, 0.15) is 45.8 Å². The van der Waals surface area contributed by atoms with E-state index < -0.39 is 55.2 Å². The maximum atomic E-state index is 12.3. The first kappa shape index (κ1) is 28.3. The van der Waals surface area contributed by atoms with Crippen molar-refractivity contribution >= 4 is 35.1 Å². The van der Waals surface area contributed by atoms with E-state index >= 15 is 0 Å². The molecule has 1 aliphatic heterocycles. The fourth-order valence-electron chi connectivity index (χ4n) is 4.34. The van der Waals surface area contributed by atoms with E-state index in [9.17, 15) is 37.8 Å². The molecular weight excluding hydrogens is 515 g/mol. The molecule has 3 N–H and O–H groups in total. The van der Waals surface area contributed by atoms with Crippen LogP contribution in [0.2, 0.25) is 5.02 Å². The molecular formula is C25H25ClF3N3O5-2. The molecule has 0 aliphatic carbocycles. The average Bonchev–Trinajstić information content (AvgIpc) is 3.03. The highest BCUT2D eigenvalue weighted by atomic mass is 35.5. The van der Waals surface area contributed by atoms with Crippen LogP contribution in [0.3, 0.4) is 0 Å². The lowest BCUT2D eigenvalue weighted by molar-refractivity contribution is -0.321. The average molecular weight is 540 g/mol. The normalized spacial score (nSPS) is 16.3. The number of nitrogens with one attached hydrogen (secondary N) is 3. The molecule has 2 aromatic rings. The SMILES string of the molecule is O=C([O-])CC(C(=O)[O-])C1CNCCc2c1ccc(Cl)c2NCc1ccc(C(=O)NCCC(F)(F)F)cc1. The van der Waals surface area contributed by atoms with E-state index in [-0.39, 0.29) is 18.7 Å². The lowest BCUT2D eigenvalue weighted by atomic mass is 9.81. The highest BCUT2D eigenvalue weighted by Crippen LogP contribution is 2.38. The van der Waals surface area contributed by atoms with Gasteiger partial charge in [-0.05, 0) is 54.3 Å². The van der Waals surface area contributed by atoms with Gasteiger partial charge < -0.3 is 35.8 Å². The van der Waals surface area contributed by atoms with Crippen molar-refractivity contribution in [1.29, 1.82) is 0 Å². The van der Waals surface area contributed by atoms with Crippen LogP contribution in [-0.2, 0) is 22.6 Å². The van der Waals surface area contributed by atoms with Gasteiger partial charge in [-0.25, -0.2) is 0 Å². The lowest BCUT2D eigenvalue weighted by Gasteiger charge is -2.30. The molecule has 0 saturated heterocycles. The van der Waals surface area contributed by atoms with Gasteiger partial charge in [0.25, 0.3) is 5.91 Å². The van der Waals surface area contributed by atoms with Gasteiger partial charge in [-0.15, -0.1) is 0 Å². The quantitative estimate of drug-likeness (QED) is 0.415. The minimum absolute atomic E-state index is 0.215. The van der Waals surface area contributed by atoms with Gasteiger partial charge in [0, 0.05) is 49.0 Å². The first-order valence-electron chi connectivity index (χ1n) is 11.6. The number of fused-ring (bicyclic) bond motifs is 1. The summed E-state index contributed by atoms with van der Waals surface area (Å²) in [6.07, 6.45) is -5.64. The van der Waals surface area contributed by atoms with E-state index in [1.165, 1.54) is 12.1 Å². The Bertz CT molecular complexity index is 1140. The molecule has 0 fully saturated rings. The van der Waals surface area contributed by atoms with Crippen LogP contribution in [0, 0.1) is 5.92 Å². The molecule has 37 heavy (non-hydrogen) atoms. The molecule has 0 radical (unpaired) electrons. The summed E-state index contributed by atoms with van der Waals surface area (Å²) in [6, 6.07) is 9.60. The predicted molar refractivity (Wildman–Crippen MR) is 126 cm³/mol. The number of rotatable bonds is 10. The lowest BCUT2D eigenvalue weighted by Crippen LogP contribution is -2.41. The molecule has 2 aromatic carbocycles. The summed E-state index contributed by atoms with van der Waals surface area (Å²) in [5, 5.41) is 31.9. The first-order valence-corrected chi connectivity index (χ1v) is 11.9. The van der Waals surface area contributed by atoms with Crippen molar-refractivity contribution in [2.45, 2.75) is 37.9 Å². The second kappa shape index (κ2) is 12.3. The summed E-state index contributed by atoms with van der Waals surface area (Å²) < 4.78 is 36.8. The Morgan fingerprint density at radius 2 is 1.81 bits per heavy atom. The number of hydrogen-bond acceptors (Lipinski definition) is 7. The standard InChI is InChI=1S/C25H27ClF3N3O5/c26-20-6-5-16-17(7-9-30-13-19(16)18(24(36)37)11-21(33)34)22(20)32-12-14-1-3-15(4-2-14)23(35)31-10-8-25(27,28)29/h1-6,18-19,30,32H,7-13H2,(H,31,35)(H,33,34)(H,36,37)/p-2. The number of carbonyl (C=O) groups is 3. The number of anilines is 1. The van der Waals surface area contributed by atoms with E-state index in [1.807, 2.05) is 0 Å². The number of hydrogen-bond donors (Lipinski definition) is 3. The maximum absolute atomic E-state index is 12.3. The Labute approximate surface area is 216 Å². The number of amides is 1. The molecule has 0 bridgehead atoms. The van der Waals surface area contributed by atoms with Gasteiger partial charge in [0.15, 0.2) is 0 Å². The molecule has 2 unspecified atom stereocenters. The fourth-order valence-corrected chi connectivity index (χ4v) is 4.58. The van der Waals surface area contributed by atoms with Crippen molar-refractivity contribution in [2.24, 2.45) is 5.92 Å². The van der Waals surface area contributed by atoms with Gasteiger partial charge in [-0.1, -0.05) is 29.8 Å². The van der Waals surface area contributed by atoms with Crippen LogP contribution in [0.15, 0.2) is 36.4 Å². The van der Waals surface area contributed by atoms with E-state index in [2.05, 4.69) is 16.0 Å². The van der Waals surface area contributed by atoms with Crippen molar-refractivity contribution in [1.82, 2.24) is 10.6 Å². The number of carbonyl (C=O) groups excluding carboxylic acids is 3. The second-order valence-electron chi connectivity index (χ2n) is 8.72. The molecule has 2 atom stereocenters. The number of aliphatic carboxylic acids is 2. The highest BCUT2D eigenvalue weighted by molar-refractivity contribution is 6.33. The van der Waals surface area contributed by atoms with Crippen LogP contribution >= 0.6 is 11.6 Å². The summed E-state index contributed by atoms with van der Waals surface area (Å²) in [5.41, 5.74) is 2.96. The van der Waals surface area contributed by atoms with Crippen LogP contribution < -0.4 is 26.2 Å². The summed E-state index contributed by atoms with van der Waals surface area (Å²) in [7, 11) is 0. The number of carboxylic acids is 2. The van der Waals surface area contributed by atoms with Crippen LogP contribution in [0.5, 0.6) is 0 Å². The molecule has 1 heterocycles. The first-order chi connectivity index (χ1) is 17.5. The topological polar surface area (TPSA) is 133 Å². The van der Waals surface area contributed by atoms with E-state index in [0.29, 0.717) is 29.2 Å². The van der Waals surface area contributed by atoms with Crippen LogP contribution in [0.25, 0.3) is 0 Å². The second-order valence-corrected chi connectivity index (χ2v) is 9.13. The van der Waals surface area contributed by atoms with Gasteiger partial charge >= 0.3 is 6.18 Å². The molecule has 8 nitrogen and oxygen atoms in total. The zero-order valence-corrected chi connectivity index (χ0v) is 20.4. The smallest absolute Gasteiger partial charge is 0.390 e. The summed E-state index contributed by atoms with van der Waals surface area (Å²) in [6.45, 7) is 0.530. The Hall–Kier alpha value is -3.31. The molecule has 0 saturated carbocycles. The Balaban J connectivity index is 1.75. The largest absolute Gasteiger partial charge is 0.550 e. The summed E-state index contributed by atoms with van der Waals surface area (Å²) in [4.78, 5) is 35.0. The number of carboxylic acid groups (broad SMARTS) is 2. The van der Waals surface area contributed by atoms with Gasteiger partial charge in [0.1, 0.15) is 0 Å². The molecule has 3 rings (SSSR count). The highest BCUT2D eigenvalue weighted by Gasteiger charge is 2.30. The van der Waals surface area contributed by atoms with Crippen molar-refractivity contribution in [3.8, 4) is 0 Å². The molecule has 12 heteroatoms. The number of alkyl halides is 3. The van der Waals surface area contributed by atoms with Crippen molar-refractivity contribution in [3.63, 3.8) is 0 Å². The predicted octanol–water partition coefficient (Wildman–Crippen LogP) is 1.37. The summed E-state index contributed by atoms with van der Waals surface area (Å²) >= 11 is 6.45. The van der Waals surface area contributed by atoms with E-state index in [4.69, 9.17) is 11.6 Å². The third-order valence-electron chi connectivity index (χ3n) is 6.17.